The Bertz CT molecular complexity index is 403. The van der Waals surface area contributed by atoms with Crippen LogP contribution < -0.4 is 0 Å². The Kier molecular flexibility index (Phi) is 2.31. The van der Waals surface area contributed by atoms with E-state index in [4.69, 9.17) is 0 Å². The van der Waals surface area contributed by atoms with Gasteiger partial charge in [-0.25, -0.2) is 4.98 Å². The van der Waals surface area contributed by atoms with E-state index in [1.165, 1.54) is 0 Å². The Labute approximate surface area is 84.0 Å². The summed E-state index contributed by atoms with van der Waals surface area (Å²) in [6.07, 6.45) is 3.18. The van der Waals surface area contributed by atoms with E-state index in [-0.39, 0.29) is 0 Å². The molecule has 0 saturated carbocycles. The van der Waals surface area contributed by atoms with E-state index in [9.17, 15) is 0 Å². The van der Waals surface area contributed by atoms with Crippen molar-refractivity contribution in [2.75, 3.05) is 0 Å². The molecule has 13 heavy (non-hydrogen) atoms. The first kappa shape index (κ1) is 8.31. The normalized spacial score (nSPS) is 9.92. The van der Waals surface area contributed by atoms with Gasteiger partial charge in [0.2, 0.25) is 0 Å². The quantitative estimate of drug-likeness (QED) is 0.762. The van der Waals surface area contributed by atoms with Crippen LogP contribution in [0.4, 0.5) is 0 Å². The van der Waals surface area contributed by atoms with Gasteiger partial charge in [-0.15, -0.1) is 5.10 Å². The lowest BCUT2D eigenvalue weighted by atomic mass is 10.2. The molecule has 0 spiro atoms. The molecule has 0 aliphatic heterocycles. The Morgan fingerprint density at radius 3 is 2.62 bits per heavy atom. The molecule has 64 valence electrons. The Hall–Kier alpha value is -1.29. The van der Waals surface area contributed by atoms with Gasteiger partial charge in [0.25, 0.3) is 0 Å². The van der Waals surface area contributed by atoms with Crippen LogP contribution in [0.3, 0.4) is 0 Å². The monoisotopic (exact) mass is 235 g/mol. The first-order chi connectivity index (χ1) is 6.38. The van der Waals surface area contributed by atoms with Gasteiger partial charge in [-0.05, 0) is 12.1 Å². The van der Waals surface area contributed by atoms with Crippen LogP contribution in [0, 0.1) is 0 Å². The van der Waals surface area contributed by atoms with Crippen molar-refractivity contribution in [3.05, 3.63) is 41.1 Å². The maximum atomic E-state index is 4.11. The molecule has 0 atom stereocenters. The Morgan fingerprint density at radius 1 is 1.08 bits per heavy atom. The van der Waals surface area contributed by atoms with Crippen molar-refractivity contribution in [3.8, 4) is 11.4 Å². The largest absolute Gasteiger partial charge is 0.233 e. The third kappa shape index (κ3) is 1.72. The van der Waals surface area contributed by atoms with Crippen LogP contribution in [0.1, 0.15) is 0 Å². The SMILES string of the molecule is Brc1ccccc1-c1nccnn1. The molecule has 2 rings (SSSR count). The minimum absolute atomic E-state index is 0.634. The molecule has 0 fully saturated rings. The van der Waals surface area contributed by atoms with Crippen LogP contribution in [0.15, 0.2) is 41.1 Å². The predicted octanol–water partition coefficient (Wildman–Crippen LogP) is 2.30. The first-order valence-electron chi connectivity index (χ1n) is 3.76. The maximum Gasteiger partial charge on any atom is 0.182 e. The van der Waals surface area contributed by atoms with Crippen molar-refractivity contribution in [2.24, 2.45) is 0 Å². The summed E-state index contributed by atoms with van der Waals surface area (Å²) in [6, 6.07) is 7.78. The van der Waals surface area contributed by atoms with Crippen LogP contribution in [-0.4, -0.2) is 15.2 Å². The topological polar surface area (TPSA) is 38.7 Å². The molecular formula is C9H6BrN3. The van der Waals surface area contributed by atoms with Crippen molar-refractivity contribution < 1.29 is 0 Å². The number of aromatic nitrogens is 3. The molecule has 1 heterocycles. The van der Waals surface area contributed by atoms with E-state index in [1.807, 2.05) is 24.3 Å². The highest BCUT2D eigenvalue weighted by molar-refractivity contribution is 9.10. The van der Waals surface area contributed by atoms with Gasteiger partial charge in [0.15, 0.2) is 5.82 Å². The van der Waals surface area contributed by atoms with Crippen molar-refractivity contribution in [2.45, 2.75) is 0 Å². The average molecular weight is 236 g/mol. The zero-order chi connectivity index (χ0) is 9.10. The summed E-state index contributed by atoms with van der Waals surface area (Å²) >= 11 is 3.43. The second-order valence-electron chi connectivity index (χ2n) is 2.45. The number of hydrogen-bond acceptors (Lipinski definition) is 3. The standard InChI is InChI=1S/C9H6BrN3/c10-8-4-2-1-3-7(8)9-11-5-6-12-13-9/h1-6H. The summed E-state index contributed by atoms with van der Waals surface area (Å²) in [5, 5.41) is 7.69. The molecule has 0 unspecified atom stereocenters. The zero-order valence-corrected chi connectivity index (χ0v) is 8.27. The van der Waals surface area contributed by atoms with Gasteiger partial charge in [-0.1, -0.05) is 28.1 Å². The van der Waals surface area contributed by atoms with E-state index in [0.717, 1.165) is 10.0 Å². The summed E-state index contributed by atoms with van der Waals surface area (Å²) < 4.78 is 0.975. The smallest absolute Gasteiger partial charge is 0.182 e. The second-order valence-corrected chi connectivity index (χ2v) is 3.30. The van der Waals surface area contributed by atoms with Crippen molar-refractivity contribution >= 4 is 15.9 Å². The highest BCUT2D eigenvalue weighted by atomic mass is 79.9. The molecule has 2 aromatic rings. The van der Waals surface area contributed by atoms with E-state index < -0.39 is 0 Å². The minimum atomic E-state index is 0.634. The van der Waals surface area contributed by atoms with Crippen molar-refractivity contribution in [3.63, 3.8) is 0 Å². The number of halogens is 1. The molecule has 1 aromatic heterocycles. The Morgan fingerprint density at radius 2 is 1.92 bits per heavy atom. The molecule has 0 aliphatic carbocycles. The highest BCUT2D eigenvalue weighted by Gasteiger charge is 2.03. The summed E-state index contributed by atoms with van der Waals surface area (Å²) in [5.41, 5.74) is 0.954. The minimum Gasteiger partial charge on any atom is -0.233 e. The van der Waals surface area contributed by atoms with Crippen LogP contribution in [0.25, 0.3) is 11.4 Å². The van der Waals surface area contributed by atoms with Crippen LogP contribution >= 0.6 is 15.9 Å². The van der Waals surface area contributed by atoms with Gasteiger partial charge >= 0.3 is 0 Å². The summed E-state index contributed by atoms with van der Waals surface area (Å²) in [7, 11) is 0. The van der Waals surface area contributed by atoms with Gasteiger partial charge < -0.3 is 0 Å². The molecule has 0 saturated heterocycles. The summed E-state index contributed by atoms with van der Waals surface area (Å²) in [6.45, 7) is 0. The number of rotatable bonds is 1. The second kappa shape index (κ2) is 3.62. The summed E-state index contributed by atoms with van der Waals surface area (Å²) in [5.74, 6) is 0.634. The van der Waals surface area contributed by atoms with E-state index in [2.05, 4.69) is 31.1 Å². The maximum absolute atomic E-state index is 4.11. The fourth-order valence-corrected chi connectivity index (χ4v) is 1.48. The van der Waals surface area contributed by atoms with Gasteiger partial charge in [0.1, 0.15) is 0 Å². The Balaban J connectivity index is 2.54. The predicted molar refractivity (Wildman–Crippen MR) is 53.0 cm³/mol. The third-order valence-corrected chi connectivity index (χ3v) is 2.29. The lowest BCUT2D eigenvalue weighted by Gasteiger charge is -1.99. The molecule has 0 aliphatic rings. The number of benzene rings is 1. The number of nitrogens with zero attached hydrogens (tertiary/aromatic N) is 3. The van der Waals surface area contributed by atoms with E-state index in [1.54, 1.807) is 12.4 Å². The molecule has 0 amide bonds. The summed E-state index contributed by atoms with van der Waals surface area (Å²) in [4.78, 5) is 4.11. The van der Waals surface area contributed by atoms with Gasteiger partial charge in [-0.2, -0.15) is 5.10 Å². The number of hydrogen-bond donors (Lipinski definition) is 0. The average Bonchev–Trinajstić information content (AvgIpc) is 2.20. The van der Waals surface area contributed by atoms with Gasteiger partial charge in [-0.3, -0.25) is 0 Å². The molecule has 0 N–H and O–H groups in total. The molecular weight excluding hydrogens is 230 g/mol. The lowest BCUT2D eigenvalue weighted by molar-refractivity contribution is 0.979. The van der Waals surface area contributed by atoms with Crippen LogP contribution in [0.5, 0.6) is 0 Å². The van der Waals surface area contributed by atoms with Crippen LogP contribution in [-0.2, 0) is 0 Å². The molecule has 0 radical (unpaired) electrons. The van der Waals surface area contributed by atoms with Crippen molar-refractivity contribution in [1.29, 1.82) is 0 Å². The van der Waals surface area contributed by atoms with Crippen molar-refractivity contribution in [1.82, 2.24) is 15.2 Å². The molecule has 4 heteroatoms. The van der Waals surface area contributed by atoms with Crippen LogP contribution in [0.2, 0.25) is 0 Å². The fourth-order valence-electron chi connectivity index (χ4n) is 1.01. The van der Waals surface area contributed by atoms with E-state index in [0.29, 0.717) is 5.82 Å². The molecule has 0 bridgehead atoms. The zero-order valence-electron chi connectivity index (χ0n) is 6.68. The first-order valence-corrected chi connectivity index (χ1v) is 4.56. The van der Waals surface area contributed by atoms with E-state index >= 15 is 0 Å². The molecule has 1 aromatic carbocycles. The fraction of sp³-hybridized carbons (Fsp3) is 0. The van der Waals surface area contributed by atoms with Gasteiger partial charge in [0, 0.05) is 16.2 Å². The van der Waals surface area contributed by atoms with Gasteiger partial charge in [0.05, 0.1) is 6.20 Å². The lowest BCUT2D eigenvalue weighted by Crippen LogP contribution is -1.90. The highest BCUT2D eigenvalue weighted by Crippen LogP contribution is 2.23. The third-order valence-electron chi connectivity index (χ3n) is 1.60. The molecule has 3 nitrogen and oxygen atoms in total.